The van der Waals surface area contributed by atoms with E-state index >= 15 is 0 Å². The van der Waals surface area contributed by atoms with E-state index < -0.39 is 0 Å². The molecular formula is C17H27N3O3. The van der Waals surface area contributed by atoms with Gasteiger partial charge in [-0.15, -0.1) is 0 Å². The molecule has 1 amide bonds. The van der Waals surface area contributed by atoms with Crippen LogP contribution in [0.3, 0.4) is 0 Å². The Morgan fingerprint density at radius 1 is 1.43 bits per heavy atom. The predicted octanol–water partition coefficient (Wildman–Crippen LogP) is 0.622. The summed E-state index contributed by atoms with van der Waals surface area (Å²) in [4.78, 5) is 14.1. The zero-order valence-electron chi connectivity index (χ0n) is 14.0. The molecule has 1 aliphatic heterocycles. The van der Waals surface area contributed by atoms with Gasteiger partial charge in [-0.05, 0) is 20.2 Å². The van der Waals surface area contributed by atoms with Crippen LogP contribution < -0.4 is 15.4 Å². The molecule has 1 aromatic rings. The molecule has 1 saturated heterocycles. The van der Waals surface area contributed by atoms with Gasteiger partial charge in [0.15, 0.2) is 0 Å². The molecule has 1 unspecified atom stereocenters. The predicted molar refractivity (Wildman–Crippen MR) is 89.6 cm³/mol. The highest BCUT2D eigenvalue weighted by atomic mass is 16.5. The summed E-state index contributed by atoms with van der Waals surface area (Å²) in [5, 5.41) is 6.24. The molecule has 1 fully saturated rings. The van der Waals surface area contributed by atoms with Crippen LogP contribution >= 0.6 is 0 Å². The van der Waals surface area contributed by atoms with Crippen LogP contribution in [0, 0.1) is 0 Å². The van der Waals surface area contributed by atoms with E-state index in [1.54, 1.807) is 0 Å². The smallest absolute Gasteiger partial charge is 0.221 e. The van der Waals surface area contributed by atoms with Gasteiger partial charge in [0.05, 0.1) is 13.2 Å². The van der Waals surface area contributed by atoms with Crippen molar-refractivity contribution in [1.29, 1.82) is 0 Å². The minimum Gasteiger partial charge on any atom is -0.492 e. The van der Waals surface area contributed by atoms with Gasteiger partial charge in [-0.1, -0.05) is 18.2 Å². The highest BCUT2D eigenvalue weighted by Gasteiger charge is 2.16. The maximum atomic E-state index is 12.0. The molecule has 6 nitrogen and oxygen atoms in total. The normalized spacial score (nSPS) is 18.0. The number of carbonyl (C=O) groups is 1. The van der Waals surface area contributed by atoms with Crippen molar-refractivity contribution in [1.82, 2.24) is 15.5 Å². The molecule has 0 saturated carbocycles. The van der Waals surface area contributed by atoms with Crippen molar-refractivity contribution in [2.75, 3.05) is 47.0 Å². The van der Waals surface area contributed by atoms with Crippen LogP contribution in [0.1, 0.15) is 12.0 Å². The van der Waals surface area contributed by atoms with Gasteiger partial charge in [0.2, 0.25) is 5.91 Å². The Labute approximate surface area is 138 Å². The second-order valence-corrected chi connectivity index (χ2v) is 5.97. The van der Waals surface area contributed by atoms with Gasteiger partial charge < -0.3 is 25.0 Å². The van der Waals surface area contributed by atoms with Crippen molar-refractivity contribution >= 4 is 5.91 Å². The molecule has 0 radical (unpaired) electrons. The maximum absolute atomic E-state index is 12.0. The molecule has 1 aliphatic rings. The van der Waals surface area contributed by atoms with Gasteiger partial charge in [0, 0.05) is 37.7 Å². The maximum Gasteiger partial charge on any atom is 0.221 e. The van der Waals surface area contributed by atoms with Crippen LogP contribution in [-0.2, 0) is 16.1 Å². The Bertz CT molecular complexity index is 488. The standard InChI is InChI=1S/C17H27N3O3/c1-20(2)8-10-23-16-6-4-3-5-14(16)12-19-17(21)11-15-13-22-9-7-18-15/h3-6,15,18H,7-13H2,1-2H3,(H,19,21). The molecule has 1 heterocycles. The summed E-state index contributed by atoms with van der Waals surface area (Å²) in [7, 11) is 4.02. The zero-order valence-corrected chi connectivity index (χ0v) is 14.0. The Balaban J connectivity index is 1.78. The molecule has 23 heavy (non-hydrogen) atoms. The number of nitrogens with zero attached hydrogens (tertiary/aromatic N) is 1. The largest absolute Gasteiger partial charge is 0.492 e. The minimum atomic E-state index is 0.0242. The van der Waals surface area contributed by atoms with E-state index in [1.807, 2.05) is 38.4 Å². The van der Waals surface area contributed by atoms with E-state index in [1.165, 1.54) is 0 Å². The lowest BCUT2D eigenvalue weighted by molar-refractivity contribution is -0.122. The van der Waals surface area contributed by atoms with Crippen molar-refractivity contribution in [3.63, 3.8) is 0 Å². The SMILES string of the molecule is CN(C)CCOc1ccccc1CNC(=O)CC1COCCN1. The number of nitrogens with one attached hydrogen (secondary N) is 2. The summed E-state index contributed by atoms with van der Waals surface area (Å²) in [6, 6.07) is 7.92. The molecule has 0 spiro atoms. The van der Waals surface area contributed by atoms with Crippen molar-refractivity contribution in [3.8, 4) is 5.75 Å². The number of hydrogen-bond donors (Lipinski definition) is 2. The molecule has 0 bridgehead atoms. The first-order valence-corrected chi connectivity index (χ1v) is 8.08. The van der Waals surface area contributed by atoms with E-state index in [9.17, 15) is 4.79 Å². The molecule has 2 N–H and O–H groups in total. The Morgan fingerprint density at radius 2 is 2.26 bits per heavy atom. The Morgan fingerprint density at radius 3 is 3.00 bits per heavy atom. The summed E-state index contributed by atoms with van der Waals surface area (Å²) in [6.07, 6.45) is 0.434. The number of carbonyl (C=O) groups excluding carboxylic acids is 1. The molecule has 0 aromatic heterocycles. The van der Waals surface area contributed by atoms with E-state index in [4.69, 9.17) is 9.47 Å². The highest BCUT2D eigenvalue weighted by molar-refractivity contribution is 5.76. The molecule has 6 heteroatoms. The number of ether oxygens (including phenoxy) is 2. The van der Waals surface area contributed by atoms with E-state index in [-0.39, 0.29) is 11.9 Å². The number of rotatable bonds is 8. The van der Waals surface area contributed by atoms with Crippen LogP contribution in [0.5, 0.6) is 5.75 Å². The number of amides is 1. The Hall–Kier alpha value is -1.63. The molecule has 0 aliphatic carbocycles. The fourth-order valence-corrected chi connectivity index (χ4v) is 2.37. The van der Waals surface area contributed by atoms with Gasteiger partial charge in [-0.3, -0.25) is 4.79 Å². The molecule has 128 valence electrons. The second kappa shape index (κ2) is 9.50. The molecule has 1 aromatic carbocycles. The number of morpholine rings is 1. The molecule has 2 rings (SSSR count). The minimum absolute atomic E-state index is 0.0242. The van der Waals surface area contributed by atoms with E-state index in [0.29, 0.717) is 26.2 Å². The quantitative estimate of drug-likeness (QED) is 0.735. The van der Waals surface area contributed by atoms with Gasteiger partial charge in [0.1, 0.15) is 12.4 Å². The first-order chi connectivity index (χ1) is 11.1. The third-order valence-corrected chi connectivity index (χ3v) is 3.67. The van der Waals surface area contributed by atoms with Gasteiger partial charge >= 0.3 is 0 Å². The summed E-state index contributed by atoms with van der Waals surface area (Å²) in [6.45, 7) is 4.08. The fourth-order valence-electron chi connectivity index (χ4n) is 2.37. The van der Waals surface area contributed by atoms with E-state index in [2.05, 4.69) is 15.5 Å². The lowest BCUT2D eigenvalue weighted by Crippen LogP contribution is -2.44. The third-order valence-electron chi connectivity index (χ3n) is 3.67. The average Bonchev–Trinajstić information content (AvgIpc) is 2.54. The van der Waals surface area contributed by atoms with Crippen molar-refractivity contribution in [3.05, 3.63) is 29.8 Å². The summed E-state index contributed by atoms with van der Waals surface area (Å²) < 4.78 is 11.2. The van der Waals surface area contributed by atoms with Crippen molar-refractivity contribution in [2.45, 2.75) is 19.0 Å². The first-order valence-electron chi connectivity index (χ1n) is 8.08. The van der Waals surface area contributed by atoms with Crippen LogP contribution in [0.25, 0.3) is 0 Å². The van der Waals surface area contributed by atoms with Crippen molar-refractivity contribution in [2.24, 2.45) is 0 Å². The van der Waals surface area contributed by atoms with Crippen molar-refractivity contribution < 1.29 is 14.3 Å². The fraction of sp³-hybridized carbons (Fsp3) is 0.588. The molecular weight excluding hydrogens is 294 g/mol. The van der Waals surface area contributed by atoms with Crippen LogP contribution in [0.4, 0.5) is 0 Å². The topological polar surface area (TPSA) is 62.8 Å². The number of benzene rings is 1. The third kappa shape index (κ3) is 6.56. The average molecular weight is 321 g/mol. The Kier molecular flexibility index (Phi) is 7.32. The van der Waals surface area contributed by atoms with Crippen LogP contribution in [0.15, 0.2) is 24.3 Å². The summed E-state index contributed by atoms with van der Waals surface area (Å²) in [5.41, 5.74) is 0.993. The highest BCUT2D eigenvalue weighted by Crippen LogP contribution is 2.17. The van der Waals surface area contributed by atoms with Crippen LogP contribution in [0.2, 0.25) is 0 Å². The number of para-hydroxylation sites is 1. The zero-order chi connectivity index (χ0) is 16.5. The number of likely N-dealkylation sites (N-methyl/N-ethyl adjacent to an activating group) is 1. The second-order valence-electron chi connectivity index (χ2n) is 5.97. The van der Waals surface area contributed by atoms with Gasteiger partial charge in [-0.2, -0.15) is 0 Å². The summed E-state index contributed by atoms with van der Waals surface area (Å²) in [5.74, 6) is 0.852. The van der Waals surface area contributed by atoms with Gasteiger partial charge in [-0.25, -0.2) is 0 Å². The molecule has 1 atom stereocenters. The first kappa shape index (κ1) is 17.7. The summed E-state index contributed by atoms with van der Waals surface area (Å²) >= 11 is 0. The van der Waals surface area contributed by atoms with Gasteiger partial charge in [0.25, 0.3) is 0 Å². The monoisotopic (exact) mass is 321 g/mol. The number of hydrogen-bond acceptors (Lipinski definition) is 5. The van der Waals surface area contributed by atoms with E-state index in [0.717, 1.165) is 31.0 Å². The lowest BCUT2D eigenvalue weighted by Gasteiger charge is -2.23. The van der Waals surface area contributed by atoms with Crippen LogP contribution in [-0.4, -0.2) is 63.9 Å². The lowest BCUT2D eigenvalue weighted by atomic mass is 10.1.